The molecule has 0 aliphatic rings. The van der Waals surface area contributed by atoms with E-state index in [1.54, 1.807) is 0 Å². The van der Waals surface area contributed by atoms with E-state index in [9.17, 15) is 0 Å². The van der Waals surface area contributed by atoms with Gasteiger partial charge in [0, 0.05) is 56.9 Å². The predicted octanol–water partition coefficient (Wildman–Crippen LogP) is 7.80. The second kappa shape index (κ2) is 7.92. The second-order valence-electron chi connectivity index (χ2n) is 9.27. The number of benzene rings is 3. The number of hydrogen-bond donors (Lipinski definition) is 0. The van der Waals surface area contributed by atoms with Crippen molar-refractivity contribution in [2.75, 3.05) is 0 Å². The molecule has 4 heterocycles. The van der Waals surface area contributed by atoms with Gasteiger partial charge in [-0.3, -0.25) is 9.55 Å². The molecule has 7 aromatic rings. The van der Waals surface area contributed by atoms with Gasteiger partial charge in [0.25, 0.3) is 0 Å². The van der Waals surface area contributed by atoms with Gasteiger partial charge in [0.1, 0.15) is 5.82 Å². The molecule has 3 aromatic carbocycles. The van der Waals surface area contributed by atoms with E-state index in [4.69, 9.17) is 4.98 Å². The van der Waals surface area contributed by atoms with Gasteiger partial charge >= 0.3 is 0 Å². The van der Waals surface area contributed by atoms with Gasteiger partial charge in [-0.1, -0.05) is 60.7 Å². The topological polar surface area (TPSA) is 35.6 Å². The highest BCUT2D eigenvalue weighted by Crippen LogP contribution is 2.30. The Hall–Kier alpha value is -4.70. The summed E-state index contributed by atoms with van der Waals surface area (Å²) in [4.78, 5) is 9.83. The summed E-state index contributed by atoms with van der Waals surface area (Å²) < 4.78 is 4.53. The molecule has 0 aliphatic carbocycles. The molecular formula is C32H24N4. The first-order valence-electron chi connectivity index (χ1n) is 12.2. The van der Waals surface area contributed by atoms with Gasteiger partial charge in [-0.25, -0.2) is 4.98 Å². The fraction of sp³-hybridized carbons (Fsp3) is 0.0625. The lowest BCUT2D eigenvalue weighted by molar-refractivity contribution is 0.992. The molecule has 0 radical (unpaired) electrons. The average Bonchev–Trinajstić information content (AvgIpc) is 3.21. The number of para-hydroxylation sites is 2. The summed E-state index contributed by atoms with van der Waals surface area (Å²) >= 11 is 0. The Morgan fingerprint density at radius 1 is 0.583 bits per heavy atom. The normalized spacial score (nSPS) is 11.6. The first-order chi connectivity index (χ1) is 17.7. The highest BCUT2D eigenvalue weighted by molar-refractivity contribution is 6.09. The largest absolute Gasteiger partial charge is 0.344 e. The van der Waals surface area contributed by atoms with E-state index in [1.807, 2.05) is 12.3 Å². The molecule has 7 rings (SSSR count). The van der Waals surface area contributed by atoms with Crippen LogP contribution in [-0.4, -0.2) is 19.1 Å². The molecule has 0 unspecified atom stereocenters. The van der Waals surface area contributed by atoms with Crippen LogP contribution in [0, 0.1) is 6.92 Å². The third-order valence-electron chi connectivity index (χ3n) is 7.15. The molecule has 0 atom stereocenters. The molecule has 0 aliphatic heterocycles. The maximum atomic E-state index is 5.17. The minimum absolute atomic E-state index is 0.875. The zero-order valence-electron chi connectivity index (χ0n) is 20.2. The summed E-state index contributed by atoms with van der Waals surface area (Å²) in [6.07, 6.45) is 1.84. The second-order valence-corrected chi connectivity index (χ2v) is 9.27. The highest BCUT2D eigenvalue weighted by Gasteiger charge is 2.11. The Kier molecular flexibility index (Phi) is 4.55. The molecule has 4 heteroatoms. The molecule has 4 nitrogen and oxygen atoms in total. The van der Waals surface area contributed by atoms with E-state index in [0.29, 0.717) is 0 Å². The maximum absolute atomic E-state index is 5.17. The summed E-state index contributed by atoms with van der Waals surface area (Å²) in [5, 5.41) is 5.80. The van der Waals surface area contributed by atoms with E-state index in [0.717, 1.165) is 44.2 Å². The van der Waals surface area contributed by atoms with E-state index in [-0.39, 0.29) is 0 Å². The van der Waals surface area contributed by atoms with Crippen molar-refractivity contribution < 1.29 is 0 Å². The van der Waals surface area contributed by atoms with Crippen molar-refractivity contribution >= 4 is 54.5 Å². The Morgan fingerprint density at radius 2 is 1.28 bits per heavy atom. The smallest absolute Gasteiger partial charge is 0.138 e. The molecule has 0 N–H and O–H groups in total. The van der Waals surface area contributed by atoms with Gasteiger partial charge in [-0.15, -0.1) is 0 Å². The van der Waals surface area contributed by atoms with Crippen LogP contribution in [0.5, 0.6) is 0 Å². The Morgan fingerprint density at radius 3 is 2.17 bits per heavy atom. The Balaban J connectivity index is 1.63. The molecular weight excluding hydrogens is 440 g/mol. The lowest BCUT2D eigenvalue weighted by Gasteiger charge is -2.13. The molecule has 36 heavy (non-hydrogen) atoms. The number of fused-ring (bicyclic) bond motifs is 7. The fourth-order valence-corrected chi connectivity index (χ4v) is 5.36. The van der Waals surface area contributed by atoms with Crippen molar-refractivity contribution in [3.05, 3.63) is 115 Å². The average molecular weight is 465 g/mol. The summed E-state index contributed by atoms with van der Waals surface area (Å²) in [6, 6.07) is 36.4. The molecule has 0 spiro atoms. The van der Waals surface area contributed by atoms with Gasteiger partial charge in [0.15, 0.2) is 0 Å². The summed E-state index contributed by atoms with van der Waals surface area (Å²) in [5.74, 6) is 0.875. The number of pyridine rings is 2. The van der Waals surface area contributed by atoms with E-state index >= 15 is 0 Å². The van der Waals surface area contributed by atoms with Gasteiger partial charge in [-0.05, 0) is 49.4 Å². The lowest BCUT2D eigenvalue weighted by Crippen LogP contribution is -2.02. The van der Waals surface area contributed by atoms with Crippen molar-refractivity contribution in [3.63, 3.8) is 0 Å². The molecule has 0 fully saturated rings. The summed E-state index contributed by atoms with van der Waals surface area (Å²) in [7, 11) is 2.14. The molecule has 0 saturated carbocycles. The first kappa shape index (κ1) is 20.7. The van der Waals surface area contributed by atoms with Crippen LogP contribution in [0.4, 0.5) is 0 Å². The van der Waals surface area contributed by atoms with Gasteiger partial charge in [-0.2, -0.15) is 0 Å². The van der Waals surface area contributed by atoms with E-state index in [2.05, 4.69) is 125 Å². The van der Waals surface area contributed by atoms with Crippen molar-refractivity contribution in [1.29, 1.82) is 0 Å². The number of nitrogens with zero attached hydrogens (tertiary/aromatic N) is 4. The molecule has 172 valence electrons. The van der Waals surface area contributed by atoms with Crippen LogP contribution >= 0.6 is 0 Å². The predicted molar refractivity (Wildman–Crippen MR) is 150 cm³/mol. The zero-order valence-corrected chi connectivity index (χ0v) is 20.2. The van der Waals surface area contributed by atoms with Crippen molar-refractivity contribution in [1.82, 2.24) is 19.1 Å². The number of rotatable bonds is 1. The SMILES string of the molecule is Cc1ccc2c3ccccc3n(C)c2cc2ccccc2n1-c1ccc2ccc3cccnc3c2n1. The summed E-state index contributed by atoms with van der Waals surface area (Å²) in [6.45, 7) is 2.15. The van der Waals surface area contributed by atoms with Crippen molar-refractivity contribution in [2.45, 2.75) is 6.92 Å². The quantitative estimate of drug-likeness (QED) is 0.232. The molecule has 4 aromatic heterocycles. The van der Waals surface area contributed by atoms with Crippen LogP contribution in [0.1, 0.15) is 5.69 Å². The lowest BCUT2D eigenvalue weighted by atomic mass is 10.1. The van der Waals surface area contributed by atoms with Crippen LogP contribution in [0.2, 0.25) is 0 Å². The molecule has 0 saturated heterocycles. The van der Waals surface area contributed by atoms with Crippen molar-refractivity contribution in [3.8, 4) is 5.82 Å². The third kappa shape index (κ3) is 3.08. The first-order valence-corrected chi connectivity index (χ1v) is 12.2. The van der Waals surface area contributed by atoms with Gasteiger partial charge < -0.3 is 4.57 Å². The third-order valence-corrected chi connectivity index (χ3v) is 7.15. The highest BCUT2D eigenvalue weighted by atomic mass is 15.1. The minimum atomic E-state index is 0.875. The monoisotopic (exact) mass is 464 g/mol. The van der Waals surface area contributed by atoms with Crippen LogP contribution in [0.25, 0.3) is 60.3 Å². The maximum Gasteiger partial charge on any atom is 0.138 e. The van der Waals surface area contributed by atoms with Crippen LogP contribution in [-0.2, 0) is 7.05 Å². The standard InChI is InChI=1S/C32H24N4/c1-21-13-17-26-25-10-4-6-12-28(25)35(2)29(26)20-24-8-3-5-11-27(24)36(21)30-18-16-23-15-14-22-9-7-19-33-31(22)32(23)34-30/h3-20H,1-2H3. The summed E-state index contributed by atoms with van der Waals surface area (Å²) in [5.41, 5.74) is 6.45. The van der Waals surface area contributed by atoms with Gasteiger partial charge in [0.2, 0.25) is 0 Å². The Bertz CT molecular complexity index is 2030. The Labute approximate surface area is 208 Å². The van der Waals surface area contributed by atoms with Crippen LogP contribution < -0.4 is 0 Å². The van der Waals surface area contributed by atoms with E-state index in [1.165, 1.54) is 21.8 Å². The molecule has 0 bridgehead atoms. The number of hydrogen-bond acceptors (Lipinski definition) is 2. The van der Waals surface area contributed by atoms with Gasteiger partial charge in [0.05, 0.1) is 16.6 Å². The minimum Gasteiger partial charge on any atom is -0.344 e. The van der Waals surface area contributed by atoms with E-state index < -0.39 is 0 Å². The number of aryl methyl sites for hydroxylation is 2. The zero-order chi connectivity index (χ0) is 24.2. The van der Waals surface area contributed by atoms with Crippen LogP contribution in [0.15, 0.2) is 109 Å². The number of aromatic nitrogens is 4. The molecule has 0 amide bonds. The van der Waals surface area contributed by atoms with Crippen molar-refractivity contribution in [2.24, 2.45) is 7.05 Å². The van der Waals surface area contributed by atoms with Crippen LogP contribution in [0.3, 0.4) is 0 Å². The fourth-order valence-electron chi connectivity index (χ4n) is 5.36.